The predicted octanol–water partition coefficient (Wildman–Crippen LogP) is 4.66. The third-order valence-electron chi connectivity index (χ3n) is 5.22. The Balaban J connectivity index is 1.78. The van der Waals surface area contributed by atoms with Crippen molar-refractivity contribution in [1.82, 2.24) is 10.2 Å². The summed E-state index contributed by atoms with van der Waals surface area (Å²) in [4.78, 5) is 2.51. The first-order chi connectivity index (χ1) is 11.4. The maximum absolute atomic E-state index is 5.68. The Labute approximate surface area is 145 Å². The fourth-order valence-electron chi connectivity index (χ4n) is 3.73. The molecule has 0 saturated carbocycles. The van der Waals surface area contributed by atoms with Crippen LogP contribution in [0.4, 0.5) is 0 Å². The van der Waals surface area contributed by atoms with E-state index in [2.05, 4.69) is 17.1 Å². The summed E-state index contributed by atoms with van der Waals surface area (Å²) >= 11 is 0. The van der Waals surface area contributed by atoms with Gasteiger partial charge in [0.2, 0.25) is 0 Å². The topological polar surface area (TPSA) is 41.3 Å². The molecule has 138 valence electrons. The molecule has 0 bridgehead atoms. The minimum atomic E-state index is 0.603. The van der Waals surface area contributed by atoms with Gasteiger partial charge in [-0.1, -0.05) is 90.4 Å². The summed E-state index contributed by atoms with van der Waals surface area (Å²) in [6, 6.07) is 0. The first kappa shape index (κ1) is 20.9. The van der Waals surface area contributed by atoms with Gasteiger partial charge in [-0.15, -0.1) is 0 Å². The van der Waals surface area contributed by atoms with Crippen LogP contribution >= 0.6 is 0 Å². The third-order valence-corrected chi connectivity index (χ3v) is 5.22. The molecule has 1 atom stereocenters. The molecule has 0 aliphatic carbocycles. The molecule has 0 amide bonds. The Kier molecular flexibility index (Phi) is 14.0. The van der Waals surface area contributed by atoms with Gasteiger partial charge in [0, 0.05) is 26.2 Å². The second kappa shape index (κ2) is 15.4. The fraction of sp³-hybridized carbons (Fsp3) is 1.00. The summed E-state index contributed by atoms with van der Waals surface area (Å²) in [6.45, 7) is 6.46. The van der Waals surface area contributed by atoms with Crippen molar-refractivity contribution in [2.75, 3.05) is 26.2 Å². The van der Waals surface area contributed by atoms with Crippen molar-refractivity contribution in [2.24, 2.45) is 5.73 Å². The van der Waals surface area contributed by atoms with Gasteiger partial charge in [0.05, 0.1) is 6.17 Å². The second-order valence-electron chi connectivity index (χ2n) is 7.33. The summed E-state index contributed by atoms with van der Waals surface area (Å²) in [6.07, 6.45) is 20.6. The van der Waals surface area contributed by atoms with Crippen LogP contribution in [0.25, 0.3) is 0 Å². The first-order valence-corrected chi connectivity index (χ1v) is 10.6. The average molecular weight is 326 g/mol. The summed E-state index contributed by atoms with van der Waals surface area (Å²) in [5.74, 6) is 0. The van der Waals surface area contributed by atoms with Crippen molar-refractivity contribution in [3.05, 3.63) is 0 Å². The molecular weight excluding hydrogens is 282 g/mol. The molecule has 0 aromatic rings. The molecule has 1 saturated heterocycles. The predicted molar refractivity (Wildman–Crippen MR) is 103 cm³/mol. The summed E-state index contributed by atoms with van der Waals surface area (Å²) in [7, 11) is 0. The van der Waals surface area contributed by atoms with E-state index < -0.39 is 0 Å². The normalized spacial score (nSPS) is 18.8. The lowest BCUT2D eigenvalue weighted by Gasteiger charge is -2.23. The molecule has 1 fully saturated rings. The molecule has 1 unspecified atom stereocenters. The number of unbranched alkanes of at least 4 members (excludes halogenated alkanes) is 12. The minimum Gasteiger partial charge on any atom is -0.329 e. The average Bonchev–Trinajstić information content (AvgIpc) is 2.99. The number of hydrogen-bond donors (Lipinski definition) is 2. The van der Waals surface area contributed by atoms with Crippen LogP contribution in [0.5, 0.6) is 0 Å². The Morgan fingerprint density at radius 1 is 0.826 bits per heavy atom. The smallest absolute Gasteiger partial charge is 0.0598 e. The van der Waals surface area contributed by atoms with Gasteiger partial charge < -0.3 is 11.1 Å². The highest BCUT2D eigenvalue weighted by Crippen LogP contribution is 2.15. The Morgan fingerprint density at radius 2 is 1.35 bits per heavy atom. The van der Waals surface area contributed by atoms with Crippen molar-refractivity contribution >= 4 is 0 Å². The highest BCUT2D eigenvalue weighted by atomic mass is 15.3. The lowest BCUT2D eigenvalue weighted by molar-refractivity contribution is 0.231. The van der Waals surface area contributed by atoms with Crippen molar-refractivity contribution in [3.63, 3.8) is 0 Å². The van der Waals surface area contributed by atoms with Crippen LogP contribution in [0, 0.1) is 0 Å². The molecule has 3 nitrogen and oxygen atoms in total. The quantitative estimate of drug-likeness (QED) is 0.406. The highest BCUT2D eigenvalue weighted by Gasteiger charge is 2.21. The standard InChI is InChI=1S/C20H43N3/c1-2-3-4-5-6-7-8-9-10-11-12-13-14-15-20-22-17-19-23(20)18-16-21/h20,22H,2-19,21H2,1H3. The molecule has 1 aliphatic heterocycles. The van der Waals surface area contributed by atoms with E-state index in [1.165, 1.54) is 96.4 Å². The van der Waals surface area contributed by atoms with E-state index in [1.54, 1.807) is 0 Å². The van der Waals surface area contributed by atoms with Crippen molar-refractivity contribution in [3.8, 4) is 0 Å². The zero-order chi connectivity index (χ0) is 16.6. The number of nitrogens with two attached hydrogens (primary N) is 1. The van der Waals surface area contributed by atoms with E-state index in [-0.39, 0.29) is 0 Å². The second-order valence-corrected chi connectivity index (χ2v) is 7.33. The molecule has 0 radical (unpaired) electrons. The van der Waals surface area contributed by atoms with Crippen molar-refractivity contribution in [1.29, 1.82) is 0 Å². The monoisotopic (exact) mass is 325 g/mol. The van der Waals surface area contributed by atoms with Crippen LogP contribution in [0.2, 0.25) is 0 Å². The van der Waals surface area contributed by atoms with Crippen LogP contribution in [0.15, 0.2) is 0 Å². The van der Waals surface area contributed by atoms with Gasteiger partial charge in [0.25, 0.3) is 0 Å². The van der Waals surface area contributed by atoms with E-state index in [4.69, 9.17) is 5.73 Å². The lowest BCUT2D eigenvalue weighted by Crippen LogP contribution is -2.38. The number of nitrogens with zero attached hydrogens (tertiary/aromatic N) is 1. The number of rotatable bonds is 16. The van der Waals surface area contributed by atoms with Crippen LogP contribution in [-0.2, 0) is 0 Å². The van der Waals surface area contributed by atoms with E-state index in [0.717, 1.165) is 19.6 Å². The molecule has 3 heteroatoms. The van der Waals surface area contributed by atoms with Gasteiger partial charge in [-0.3, -0.25) is 4.90 Å². The van der Waals surface area contributed by atoms with Gasteiger partial charge >= 0.3 is 0 Å². The van der Waals surface area contributed by atoms with E-state index in [9.17, 15) is 0 Å². The maximum Gasteiger partial charge on any atom is 0.0598 e. The van der Waals surface area contributed by atoms with Gasteiger partial charge in [0.15, 0.2) is 0 Å². The van der Waals surface area contributed by atoms with E-state index in [1.807, 2.05) is 0 Å². The van der Waals surface area contributed by atoms with Crippen molar-refractivity contribution < 1.29 is 0 Å². The van der Waals surface area contributed by atoms with Crippen LogP contribution in [0.3, 0.4) is 0 Å². The summed E-state index contributed by atoms with van der Waals surface area (Å²) in [5, 5.41) is 3.61. The fourth-order valence-corrected chi connectivity index (χ4v) is 3.73. The molecule has 23 heavy (non-hydrogen) atoms. The van der Waals surface area contributed by atoms with Crippen LogP contribution < -0.4 is 11.1 Å². The largest absolute Gasteiger partial charge is 0.329 e. The Morgan fingerprint density at radius 3 is 1.87 bits per heavy atom. The Hall–Kier alpha value is -0.120. The molecule has 0 aromatic carbocycles. The number of nitrogens with one attached hydrogen (secondary N) is 1. The first-order valence-electron chi connectivity index (χ1n) is 10.6. The molecule has 0 spiro atoms. The molecule has 1 aliphatic rings. The molecule has 1 heterocycles. The van der Waals surface area contributed by atoms with Crippen molar-refractivity contribution in [2.45, 2.75) is 103 Å². The minimum absolute atomic E-state index is 0.603. The maximum atomic E-state index is 5.68. The van der Waals surface area contributed by atoms with Gasteiger partial charge in [-0.25, -0.2) is 0 Å². The van der Waals surface area contributed by atoms with E-state index >= 15 is 0 Å². The van der Waals surface area contributed by atoms with E-state index in [0.29, 0.717) is 6.17 Å². The van der Waals surface area contributed by atoms with Crippen LogP contribution in [0.1, 0.15) is 96.8 Å². The van der Waals surface area contributed by atoms with Crippen LogP contribution in [-0.4, -0.2) is 37.2 Å². The molecule has 0 aromatic heterocycles. The molecular formula is C20H43N3. The SMILES string of the molecule is CCCCCCCCCCCCCCCC1NCCN1CCN. The van der Waals surface area contributed by atoms with Gasteiger partial charge in [0.1, 0.15) is 0 Å². The number of hydrogen-bond acceptors (Lipinski definition) is 3. The van der Waals surface area contributed by atoms with Gasteiger partial charge in [-0.05, 0) is 6.42 Å². The third kappa shape index (κ3) is 11.1. The zero-order valence-corrected chi connectivity index (χ0v) is 15.8. The molecule has 1 rings (SSSR count). The van der Waals surface area contributed by atoms with Gasteiger partial charge in [-0.2, -0.15) is 0 Å². The molecule has 3 N–H and O–H groups in total. The summed E-state index contributed by atoms with van der Waals surface area (Å²) in [5.41, 5.74) is 5.68. The highest BCUT2D eigenvalue weighted by molar-refractivity contribution is 4.77. The summed E-state index contributed by atoms with van der Waals surface area (Å²) < 4.78 is 0. The zero-order valence-electron chi connectivity index (χ0n) is 15.8. The lowest BCUT2D eigenvalue weighted by atomic mass is 10.0. The Bertz CT molecular complexity index is 245.